The molecule has 0 fully saturated rings. The first-order chi connectivity index (χ1) is 7.46. The zero-order valence-corrected chi connectivity index (χ0v) is 10.6. The first kappa shape index (κ1) is 13.1. The van der Waals surface area contributed by atoms with E-state index in [1.165, 1.54) is 0 Å². The van der Waals surface area contributed by atoms with E-state index in [1.807, 2.05) is 11.6 Å². The zero-order chi connectivity index (χ0) is 12.2. The van der Waals surface area contributed by atoms with Gasteiger partial charge in [-0.05, 0) is 27.2 Å². The molecule has 1 unspecified atom stereocenters. The van der Waals surface area contributed by atoms with Crippen molar-refractivity contribution < 1.29 is 4.74 Å². The highest BCUT2D eigenvalue weighted by Crippen LogP contribution is 2.15. The SMILES string of the molecule is COCCC(C)(N)Cc1ncnn1C(C)C. The third-order valence-electron chi connectivity index (χ3n) is 2.58. The van der Waals surface area contributed by atoms with E-state index in [0.717, 1.165) is 12.2 Å². The third-order valence-corrected chi connectivity index (χ3v) is 2.58. The Morgan fingerprint density at radius 1 is 1.56 bits per heavy atom. The van der Waals surface area contributed by atoms with E-state index >= 15 is 0 Å². The number of aromatic nitrogens is 3. The summed E-state index contributed by atoms with van der Waals surface area (Å²) in [6, 6.07) is 0.315. The van der Waals surface area contributed by atoms with Crippen molar-refractivity contribution in [2.75, 3.05) is 13.7 Å². The predicted octanol–water partition coefficient (Wildman–Crippen LogP) is 1.16. The molecule has 0 amide bonds. The van der Waals surface area contributed by atoms with Crippen molar-refractivity contribution in [1.82, 2.24) is 14.8 Å². The average Bonchev–Trinajstić information content (AvgIpc) is 2.62. The van der Waals surface area contributed by atoms with E-state index < -0.39 is 0 Å². The van der Waals surface area contributed by atoms with Gasteiger partial charge in [0.15, 0.2) is 0 Å². The van der Waals surface area contributed by atoms with Crippen LogP contribution in [-0.2, 0) is 11.2 Å². The van der Waals surface area contributed by atoms with Gasteiger partial charge in [0.25, 0.3) is 0 Å². The largest absolute Gasteiger partial charge is 0.385 e. The van der Waals surface area contributed by atoms with Crippen LogP contribution < -0.4 is 5.73 Å². The van der Waals surface area contributed by atoms with Crippen molar-refractivity contribution in [3.05, 3.63) is 12.2 Å². The van der Waals surface area contributed by atoms with Gasteiger partial charge < -0.3 is 10.5 Å². The fourth-order valence-corrected chi connectivity index (χ4v) is 1.62. The minimum absolute atomic E-state index is 0.296. The van der Waals surface area contributed by atoms with Crippen LogP contribution in [0.2, 0.25) is 0 Å². The molecule has 0 aliphatic rings. The molecule has 0 bridgehead atoms. The van der Waals surface area contributed by atoms with Crippen molar-refractivity contribution in [2.24, 2.45) is 5.73 Å². The maximum Gasteiger partial charge on any atom is 0.138 e. The summed E-state index contributed by atoms with van der Waals surface area (Å²) in [5.74, 6) is 0.941. The van der Waals surface area contributed by atoms with E-state index in [2.05, 4.69) is 23.9 Å². The molecule has 0 aromatic carbocycles. The summed E-state index contributed by atoms with van der Waals surface area (Å²) in [7, 11) is 1.69. The topological polar surface area (TPSA) is 66.0 Å². The molecule has 1 aromatic heterocycles. The summed E-state index contributed by atoms with van der Waals surface area (Å²) in [6.07, 6.45) is 3.12. The standard InChI is InChI=1S/C11H22N4O/c1-9(2)15-10(13-8-14-15)7-11(3,12)5-6-16-4/h8-9H,5-7,12H2,1-4H3. The van der Waals surface area contributed by atoms with Crippen LogP contribution >= 0.6 is 0 Å². The number of ether oxygens (including phenoxy) is 1. The zero-order valence-electron chi connectivity index (χ0n) is 10.6. The van der Waals surface area contributed by atoms with Gasteiger partial charge >= 0.3 is 0 Å². The lowest BCUT2D eigenvalue weighted by molar-refractivity contribution is 0.170. The molecule has 0 aliphatic carbocycles. The van der Waals surface area contributed by atoms with Crippen LogP contribution in [0.1, 0.15) is 39.1 Å². The lowest BCUT2D eigenvalue weighted by Gasteiger charge is -2.24. The number of rotatable bonds is 6. The Morgan fingerprint density at radius 2 is 2.25 bits per heavy atom. The van der Waals surface area contributed by atoms with Crippen molar-refractivity contribution in [2.45, 2.75) is 45.2 Å². The van der Waals surface area contributed by atoms with Gasteiger partial charge in [0, 0.05) is 31.7 Å². The highest BCUT2D eigenvalue weighted by Gasteiger charge is 2.22. The quantitative estimate of drug-likeness (QED) is 0.790. The van der Waals surface area contributed by atoms with E-state index in [4.69, 9.17) is 10.5 Å². The van der Waals surface area contributed by atoms with Gasteiger partial charge in [-0.15, -0.1) is 0 Å². The molecule has 5 heteroatoms. The van der Waals surface area contributed by atoms with Crippen LogP contribution in [-0.4, -0.2) is 34.0 Å². The second-order valence-electron chi connectivity index (χ2n) is 4.79. The smallest absolute Gasteiger partial charge is 0.138 e. The lowest BCUT2D eigenvalue weighted by Crippen LogP contribution is -2.40. The number of nitrogens with two attached hydrogens (primary N) is 1. The fourth-order valence-electron chi connectivity index (χ4n) is 1.62. The summed E-state index contributed by atoms with van der Waals surface area (Å²) in [6.45, 7) is 6.86. The van der Waals surface area contributed by atoms with Crippen LogP contribution in [0.4, 0.5) is 0 Å². The van der Waals surface area contributed by atoms with Gasteiger partial charge in [-0.25, -0.2) is 9.67 Å². The van der Waals surface area contributed by atoms with Crippen molar-refractivity contribution >= 4 is 0 Å². The van der Waals surface area contributed by atoms with Crippen molar-refractivity contribution in [3.63, 3.8) is 0 Å². The molecular weight excluding hydrogens is 204 g/mol. The molecule has 1 atom stereocenters. The van der Waals surface area contributed by atoms with Crippen LogP contribution in [0.15, 0.2) is 6.33 Å². The van der Waals surface area contributed by atoms with Gasteiger partial charge in [-0.3, -0.25) is 0 Å². The number of hydrogen-bond acceptors (Lipinski definition) is 4. The number of hydrogen-bond donors (Lipinski definition) is 1. The fraction of sp³-hybridized carbons (Fsp3) is 0.818. The highest BCUT2D eigenvalue weighted by atomic mass is 16.5. The van der Waals surface area contributed by atoms with Gasteiger partial charge in [-0.2, -0.15) is 5.10 Å². The van der Waals surface area contributed by atoms with E-state index in [-0.39, 0.29) is 5.54 Å². The monoisotopic (exact) mass is 226 g/mol. The minimum Gasteiger partial charge on any atom is -0.385 e. The molecule has 0 aliphatic heterocycles. The van der Waals surface area contributed by atoms with Crippen LogP contribution in [0, 0.1) is 0 Å². The molecule has 0 spiro atoms. The second kappa shape index (κ2) is 5.41. The number of methoxy groups -OCH3 is 1. The predicted molar refractivity (Wildman–Crippen MR) is 63.2 cm³/mol. The van der Waals surface area contributed by atoms with Gasteiger partial charge in [0.1, 0.15) is 12.2 Å². The first-order valence-electron chi connectivity index (χ1n) is 5.62. The molecule has 2 N–H and O–H groups in total. The van der Waals surface area contributed by atoms with Crippen LogP contribution in [0.25, 0.3) is 0 Å². The van der Waals surface area contributed by atoms with E-state index in [9.17, 15) is 0 Å². The Balaban J connectivity index is 2.68. The lowest BCUT2D eigenvalue weighted by atomic mass is 9.95. The summed E-state index contributed by atoms with van der Waals surface area (Å²) >= 11 is 0. The van der Waals surface area contributed by atoms with E-state index in [1.54, 1.807) is 13.4 Å². The van der Waals surface area contributed by atoms with Gasteiger partial charge in [-0.1, -0.05) is 0 Å². The molecule has 92 valence electrons. The molecule has 0 saturated carbocycles. The van der Waals surface area contributed by atoms with Crippen molar-refractivity contribution in [1.29, 1.82) is 0 Å². The van der Waals surface area contributed by atoms with Gasteiger partial charge in [0.2, 0.25) is 0 Å². The molecule has 0 radical (unpaired) electrons. The summed E-state index contributed by atoms with van der Waals surface area (Å²) in [5.41, 5.74) is 5.91. The maximum absolute atomic E-state index is 6.20. The summed E-state index contributed by atoms with van der Waals surface area (Å²) in [5, 5.41) is 4.20. The van der Waals surface area contributed by atoms with Crippen LogP contribution in [0.5, 0.6) is 0 Å². The molecule has 5 nitrogen and oxygen atoms in total. The Bertz CT molecular complexity index is 320. The molecule has 16 heavy (non-hydrogen) atoms. The maximum atomic E-state index is 6.20. The molecular formula is C11H22N4O. The Kier molecular flexibility index (Phi) is 4.44. The first-order valence-corrected chi connectivity index (χ1v) is 5.62. The van der Waals surface area contributed by atoms with E-state index in [0.29, 0.717) is 19.1 Å². The average molecular weight is 226 g/mol. The summed E-state index contributed by atoms with van der Waals surface area (Å²) < 4.78 is 6.97. The number of nitrogens with zero attached hydrogens (tertiary/aromatic N) is 3. The molecule has 1 heterocycles. The second-order valence-corrected chi connectivity index (χ2v) is 4.79. The Hall–Kier alpha value is -0.940. The third kappa shape index (κ3) is 3.57. The van der Waals surface area contributed by atoms with Gasteiger partial charge in [0.05, 0.1) is 0 Å². The Labute approximate surface area is 97.0 Å². The molecule has 1 rings (SSSR count). The minimum atomic E-state index is -0.296. The van der Waals surface area contributed by atoms with Crippen molar-refractivity contribution in [3.8, 4) is 0 Å². The normalized spacial score (nSPS) is 15.4. The molecule has 1 aromatic rings. The Morgan fingerprint density at radius 3 is 2.81 bits per heavy atom. The highest BCUT2D eigenvalue weighted by molar-refractivity contribution is 4.96. The molecule has 0 saturated heterocycles. The van der Waals surface area contributed by atoms with Crippen LogP contribution in [0.3, 0.4) is 0 Å². The summed E-state index contributed by atoms with van der Waals surface area (Å²) in [4.78, 5) is 4.26.